The van der Waals surface area contributed by atoms with Crippen molar-refractivity contribution in [3.63, 3.8) is 0 Å². The Hall–Kier alpha value is -1.95. The number of unbranched alkanes of at least 4 members (excludes halogenated alkanes) is 1. The SMILES string of the molecule is C=C1/C(=C\C=C2/CCC[C@]3(C)[C@@H]([C@H](C)/C=C/[C@@H](O)C4(c5ncc(CCCC)[nH]5)CC4)CC[C@@H]23)C[C@@H](O)C[C@@H]1O. The van der Waals surface area contributed by atoms with Gasteiger partial charge < -0.3 is 20.3 Å². The minimum Gasteiger partial charge on any atom is -0.393 e. The van der Waals surface area contributed by atoms with Crippen LogP contribution in [0.1, 0.15) is 103 Å². The smallest absolute Gasteiger partial charge is 0.115 e. The number of aliphatic hydroxyl groups excluding tert-OH is 3. The predicted octanol–water partition coefficient (Wildman–Crippen LogP) is 6.48. The Morgan fingerprint density at radius 3 is 2.72 bits per heavy atom. The highest BCUT2D eigenvalue weighted by Crippen LogP contribution is 2.59. The van der Waals surface area contributed by atoms with E-state index >= 15 is 0 Å². The van der Waals surface area contributed by atoms with Crippen molar-refractivity contribution >= 4 is 0 Å². The molecule has 4 aliphatic rings. The quantitative estimate of drug-likeness (QED) is 0.273. The second-order valence-electron chi connectivity index (χ2n) is 13.4. The molecular formula is C34H50N2O3. The van der Waals surface area contributed by atoms with E-state index in [9.17, 15) is 15.3 Å². The summed E-state index contributed by atoms with van der Waals surface area (Å²) in [6.45, 7) is 11.1. The number of hydrogen-bond acceptors (Lipinski definition) is 4. The van der Waals surface area contributed by atoms with E-state index in [-0.39, 0.29) is 10.8 Å². The number of H-pyrrole nitrogens is 1. The molecule has 0 amide bonds. The molecule has 4 fully saturated rings. The highest BCUT2D eigenvalue weighted by atomic mass is 16.3. The van der Waals surface area contributed by atoms with Crippen LogP contribution in [0.15, 0.2) is 53.8 Å². The second-order valence-corrected chi connectivity index (χ2v) is 13.4. The Labute approximate surface area is 235 Å². The largest absolute Gasteiger partial charge is 0.393 e. The molecule has 7 atom stereocenters. The van der Waals surface area contributed by atoms with Gasteiger partial charge in [-0.2, -0.15) is 0 Å². The Morgan fingerprint density at radius 1 is 1.18 bits per heavy atom. The van der Waals surface area contributed by atoms with Gasteiger partial charge in [0.05, 0.1) is 23.7 Å². The van der Waals surface area contributed by atoms with Crippen LogP contribution in [0.5, 0.6) is 0 Å². The van der Waals surface area contributed by atoms with E-state index in [0.717, 1.165) is 49.1 Å². The molecule has 1 aromatic rings. The van der Waals surface area contributed by atoms with Crippen molar-refractivity contribution in [2.45, 2.75) is 122 Å². The summed E-state index contributed by atoms with van der Waals surface area (Å²) in [5.74, 6) is 2.53. The van der Waals surface area contributed by atoms with Crippen LogP contribution in [-0.4, -0.2) is 43.6 Å². The number of aliphatic hydroxyl groups is 3. The predicted molar refractivity (Wildman–Crippen MR) is 157 cm³/mol. The first-order chi connectivity index (χ1) is 18.7. The number of nitrogens with one attached hydrogen (secondary N) is 1. The van der Waals surface area contributed by atoms with Gasteiger partial charge in [-0.05, 0) is 98.5 Å². The summed E-state index contributed by atoms with van der Waals surface area (Å²) in [7, 11) is 0. The van der Waals surface area contributed by atoms with Crippen LogP contribution < -0.4 is 0 Å². The maximum absolute atomic E-state index is 11.3. The number of nitrogens with zero attached hydrogens (tertiary/aromatic N) is 1. The first kappa shape index (κ1) is 28.6. The van der Waals surface area contributed by atoms with Crippen LogP contribution in [0, 0.1) is 23.2 Å². The minimum atomic E-state index is -0.639. The van der Waals surface area contributed by atoms with Crippen molar-refractivity contribution in [1.29, 1.82) is 0 Å². The normalized spacial score (nSPS) is 36.0. The van der Waals surface area contributed by atoms with Gasteiger partial charge in [-0.3, -0.25) is 0 Å². The van der Waals surface area contributed by atoms with E-state index in [2.05, 4.69) is 61.6 Å². The van der Waals surface area contributed by atoms with Gasteiger partial charge in [0, 0.05) is 18.3 Å². The van der Waals surface area contributed by atoms with Crippen LogP contribution in [-0.2, 0) is 11.8 Å². The molecule has 0 saturated heterocycles. The number of aromatic amines is 1. The van der Waals surface area contributed by atoms with E-state index in [1.54, 1.807) is 0 Å². The van der Waals surface area contributed by atoms with Crippen LogP contribution >= 0.6 is 0 Å². The third-order valence-electron chi connectivity index (χ3n) is 10.8. The number of hydrogen-bond donors (Lipinski definition) is 4. The van der Waals surface area contributed by atoms with Crippen LogP contribution in [0.25, 0.3) is 0 Å². The zero-order chi connectivity index (χ0) is 27.8. The molecule has 5 nitrogen and oxygen atoms in total. The molecule has 39 heavy (non-hydrogen) atoms. The standard InChI is InChI=1S/C34H50N2O3/c1-5-6-9-26-21-35-32(36-26)34(17-18-34)31(39)15-10-22(2)28-13-14-29-24(8-7-16-33(28,29)4)11-12-25-19-27(37)20-30(38)23(25)3/h10-12,15,21-22,27-31,37-39H,3,5-9,13-14,16-20H2,1-2,4H3,(H,35,36)/b15-10+,24-11+,25-12-/t22-,27-,28-,29+,30+,31-,33-/m1/s1. The molecule has 5 rings (SSSR count). The molecule has 0 radical (unpaired) electrons. The van der Waals surface area contributed by atoms with Crippen LogP contribution in [0.3, 0.4) is 0 Å². The maximum Gasteiger partial charge on any atom is 0.115 e. The minimum absolute atomic E-state index is 0.235. The number of imidazole rings is 1. The molecule has 5 heteroatoms. The summed E-state index contributed by atoms with van der Waals surface area (Å²) in [4.78, 5) is 8.19. The lowest BCUT2D eigenvalue weighted by Gasteiger charge is -2.44. The lowest BCUT2D eigenvalue weighted by molar-refractivity contribution is 0.0862. The molecule has 1 heterocycles. The second kappa shape index (κ2) is 11.5. The van der Waals surface area contributed by atoms with E-state index < -0.39 is 18.3 Å². The van der Waals surface area contributed by atoms with Crippen molar-refractivity contribution in [2.75, 3.05) is 0 Å². The first-order valence-electron chi connectivity index (χ1n) is 15.5. The van der Waals surface area contributed by atoms with Gasteiger partial charge in [-0.25, -0.2) is 4.98 Å². The molecule has 0 bridgehead atoms. The molecule has 4 N–H and O–H groups in total. The number of aryl methyl sites for hydroxylation is 1. The molecule has 0 spiro atoms. The Kier molecular flexibility index (Phi) is 8.43. The van der Waals surface area contributed by atoms with Crippen molar-refractivity contribution < 1.29 is 15.3 Å². The summed E-state index contributed by atoms with van der Waals surface area (Å²) in [5, 5.41) is 31.6. The Bertz CT molecular complexity index is 1130. The zero-order valence-electron chi connectivity index (χ0n) is 24.3. The molecule has 4 aliphatic carbocycles. The van der Waals surface area contributed by atoms with Gasteiger partial charge in [0.25, 0.3) is 0 Å². The van der Waals surface area contributed by atoms with E-state index in [4.69, 9.17) is 0 Å². The number of rotatable bonds is 9. The Morgan fingerprint density at radius 2 is 1.97 bits per heavy atom. The highest BCUT2D eigenvalue weighted by Gasteiger charge is 2.53. The lowest BCUT2D eigenvalue weighted by Crippen LogP contribution is -2.35. The van der Waals surface area contributed by atoms with E-state index in [1.165, 1.54) is 43.4 Å². The summed E-state index contributed by atoms with van der Waals surface area (Å²) >= 11 is 0. The van der Waals surface area contributed by atoms with Gasteiger partial charge in [0.15, 0.2) is 0 Å². The fourth-order valence-corrected chi connectivity index (χ4v) is 8.12. The van der Waals surface area contributed by atoms with Gasteiger partial charge in [0.1, 0.15) is 5.82 Å². The fourth-order valence-electron chi connectivity index (χ4n) is 8.12. The van der Waals surface area contributed by atoms with Gasteiger partial charge in [-0.1, -0.05) is 63.6 Å². The molecular weight excluding hydrogens is 484 g/mol. The number of allylic oxidation sites excluding steroid dienone is 4. The molecule has 1 aromatic heterocycles. The first-order valence-corrected chi connectivity index (χ1v) is 15.5. The number of fused-ring (bicyclic) bond motifs is 1. The van der Waals surface area contributed by atoms with Gasteiger partial charge in [0.2, 0.25) is 0 Å². The third kappa shape index (κ3) is 5.64. The van der Waals surface area contributed by atoms with Gasteiger partial charge in [-0.15, -0.1) is 0 Å². The number of aromatic nitrogens is 2. The van der Waals surface area contributed by atoms with E-state index in [0.29, 0.717) is 30.6 Å². The summed E-state index contributed by atoms with van der Waals surface area (Å²) < 4.78 is 0. The fraction of sp³-hybridized carbons (Fsp3) is 0.676. The summed E-state index contributed by atoms with van der Waals surface area (Å²) in [6.07, 6.45) is 21.4. The molecule has 214 valence electrons. The van der Waals surface area contributed by atoms with Crippen molar-refractivity contribution in [3.8, 4) is 0 Å². The van der Waals surface area contributed by atoms with Crippen molar-refractivity contribution in [3.05, 3.63) is 65.3 Å². The van der Waals surface area contributed by atoms with E-state index in [1.807, 2.05) is 6.20 Å². The van der Waals surface area contributed by atoms with Crippen molar-refractivity contribution in [1.82, 2.24) is 9.97 Å². The van der Waals surface area contributed by atoms with Crippen LogP contribution in [0.2, 0.25) is 0 Å². The molecule has 0 aliphatic heterocycles. The molecule has 4 saturated carbocycles. The Balaban J connectivity index is 1.26. The zero-order valence-corrected chi connectivity index (χ0v) is 24.3. The molecule has 0 unspecified atom stereocenters. The molecule has 0 aromatic carbocycles. The third-order valence-corrected chi connectivity index (χ3v) is 10.8. The van der Waals surface area contributed by atoms with Crippen LogP contribution in [0.4, 0.5) is 0 Å². The van der Waals surface area contributed by atoms with Gasteiger partial charge >= 0.3 is 0 Å². The average Bonchev–Trinajstić information content (AvgIpc) is 3.44. The van der Waals surface area contributed by atoms with Crippen molar-refractivity contribution in [2.24, 2.45) is 23.2 Å². The lowest BCUT2D eigenvalue weighted by atomic mass is 9.61. The summed E-state index contributed by atoms with van der Waals surface area (Å²) in [5.41, 5.74) is 4.48. The highest BCUT2D eigenvalue weighted by molar-refractivity contribution is 5.39. The topological polar surface area (TPSA) is 89.4 Å². The average molecular weight is 535 g/mol. The summed E-state index contributed by atoms with van der Waals surface area (Å²) in [6, 6.07) is 0. The monoisotopic (exact) mass is 534 g/mol. The maximum atomic E-state index is 11.3.